The zero-order valence-electron chi connectivity index (χ0n) is 14.9. The van der Waals surface area contributed by atoms with Gasteiger partial charge in [-0.1, -0.05) is 12.1 Å². The van der Waals surface area contributed by atoms with E-state index in [1.807, 2.05) is 43.6 Å². The number of carbonyl (C=O) groups is 1. The standard InChI is InChI=1S/C19H26N4O2/c1-21-10-12-23(13-11-21)14-15-25-18-8-4-3-6-16(18)20-19(24)17-7-5-9-22(17)2/h3-9H,10-15H2,1-2H3,(H,20,24). The molecule has 25 heavy (non-hydrogen) atoms. The van der Waals surface area contributed by atoms with Crippen LogP contribution in [0, 0.1) is 0 Å². The Morgan fingerprint density at radius 3 is 2.56 bits per heavy atom. The number of hydrogen-bond donors (Lipinski definition) is 1. The lowest BCUT2D eigenvalue weighted by molar-refractivity contribution is 0.101. The van der Waals surface area contributed by atoms with Gasteiger partial charge in [0.15, 0.2) is 0 Å². The first-order chi connectivity index (χ1) is 12.1. The third-order valence-electron chi connectivity index (χ3n) is 4.57. The zero-order chi connectivity index (χ0) is 17.6. The summed E-state index contributed by atoms with van der Waals surface area (Å²) in [5.41, 5.74) is 1.32. The molecule has 6 heteroatoms. The number of amides is 1. The minimum absolute atomic E-state index is 0.136. The molecule has 1 amide bonds. The van der Waals surface area contributed by atoms with E-state index >= 15 is 0 Å². The van der Waals surface area contributed by atoms with Gasteiger partial charge in [0.2, 0.25) is 0 Å². The molecule has 3 rings (SSSR count). The number of aromatic nitrogens is 1. The normalized spacial score (nSPS) is 15.9. The van der Waals surface area contributed by atoms with Crippen LogP contribution in [-0.2, 0) is 7.05 Å². The molecular formula is C19H26N4O2. The predicted octanol–water partition coefficient (Wildman–Crippen LogP) is 1.90. The summed E-state index contributed by atoms with van der Waals surface area (Å²) >= 11 is 0. The molecule has 1 aliphatic heterocycles. The summed E-state index contributed by atoms with van der Waals surface area (Å²) in [7, 11) is 4.01. The Morgan fingerprint density at radius 1 is 1.08 bits per heavy atom. The van der Waals surface area contributed by atoms with Crippen molar-refractivity contribution in [2.45, 2.75) is 0 Å². The average molecular weight is 342 g/mol. The van der Waals surface area contributed by atoms with Crippen LogP contribution in [0.1, 0.15) is 10.5 Å². The Labute approximate surface area is 149 Å². The molecule has 2 heterocycles. The minimum Gasteiger partial charge on any atom is -0.490 e. The molecule has 2 aromatic rings. The smallest absolute Gasteiger partial charge is 0.272 e. The van der Waals surface area contributed by atoms with Crippen LogP contribution in [0.3, 0.4) is 0 Å². The SMILES string of the molecule is CN1CCN(CCOc2ccccc2NC(=O)c2cccn2C)CC1. The van der Waals surface area contributed by atoms with Crippen molar-refractivity contribution in [1.29, 1.82) is 0 Å². The lowest BCUT2D eigenvalue weighted by Gasteiger charge is -2.32. The highest BCUT2D eigenvalue weighted by Crippen LogP contribution is 2.24. The Balaban J connectivity index is 1.55. The number of carbonyl (C=O) groups excluding carboxylic acids is 1. The number of hydrogen-bond acceptors (Lipinski definition) is 4. The summed E-state index contributed by atoms with van der Waals surface area (Å²) in [6.45, 7) is 5.86. The fourth-order valence-electron chi connectivity index (χ4n) is 2.94. The van der Waals surface area contributed by atoms with E-state index in [1.165, 1.54) is 0 Å². The number of benzene rings is 1. The fourth-order valence-corrected chi connectivity index (χ4v) is 2.94. The maximum atomic E-state index is 12.4. The second kappa shape index (κ2) is 8.18. The Hall–Kier alpha value is -2.31. The van der Waals surface area contributed by atoms with Crippen LogP contribution in [0.2, 0.25) is 0 Å². The Morgan fingerprint density at radius 2 is 1.84 bits per heavy atom. The summed E-state index contributed by atoms with van der Waals surface area (Å²) in [4.78, 5) is 17.1. The van der Waals surface area contributed by atoms with Crippen LogP contribution in [0.4, 0.5) is 5.69 Å². The van der Waals surface area contributed by atoms with E-state index in [2.05, 4.69) is 22.2 Å². The van der Waals surface area contributed by atoms with E-state index in [0.717, 1.165) is 32.7 Å². The van der Waals surface area contributed by atoms with Crippen LogP contribution < -0.4 is 10.1 Å². The van der Waals surface area contributed by atoms with E-state index in [-0.39, 0.29) is 5.91 Å². The monoisotopic (exact) mass is 342 g/mol. The van der Waals surface area contributed by atoms with E-state index in [1.54, 1.807) is 10.6 Å². The summed E-state index contributed by atoms with van der Waals surface area (Å²) in [5, 5.41) is 2.94. The van der Waals surface area contributed by atoms with Gasteiger partial charge in [-0.2, -0.15) is 0 Å². The van der Waals surface area contributed by atoms with E-state index in [0.29, 0.717) is 23.7 Å². The van der Waals surface area contributed by atoms with Gasteiger partial charge in [-0.05, 0) is 31.3 Å². The highest BCUT2D eigenvalue weighted by Gasteiger charge is 2.15. The van der Waals surface area contributed by atoms with Gasteiger partial charge < -0.3 is 19.5 Å². The summed E-state index contributed by atoms with van der Waals surface area (Å²) in [6, 6.07) is 11.2. The molecule has 6 nitrogen and oxygen atoms in total. The summed E-state index contributed by atoms with van der Waals surface area (Å²) < 4.78 is 7.74. The summed E-state index contributed by atoms with van der Waals surface area (Å²) in [6.07, 6.45) is 1.85. The van der Waals surface area contributed by atoms with Crippen LogP contribution in [-0.4, -0.2) is 66.7 Å². The lowest BCUT2D eigenvalue weighted by atomic mass is 10.2. The van der Waals surface area contributed by atoms with Gasteiger partial charge >= 0.3 is 0 Å². The molecule has 1 aromatic heterocycles. The molecule has 1 aromatic carbocycles. The first kappa shape index (κ1) is 17.5. The number of anilines is 1. The van der Waals surface area contributed by atoms with E-state index in [9.17, 15) is 4.79 Å². The highest BCUT2D eigenvalue weighted by atomic mass is 16.5. The maximum Gasteiger partial charge on any atom is 0.272 e. The number of rotatable bonds is 6. The Kier molecular flexibility index (Phi) is 5.73. The van der Waals surface area contributed by atoms with Crippen molar-refractivity contribution in [1.82, 2.24) is 14.4 Å². The topological polar surface area (TPSA) is 49.7 Å². The molecule has 0 atom stereocenters. The zero-order valence-corrected chi connectivity index (χ0v) is 14.9. The molecule has 0 bridgehead atoms. The number of aryl methyl sites for hydroxylation is 1. The molecule has 1 N–H and O–H groups in total. The quantitative estimate of drug-likeness (QED) is 0.871. The average Bonchev–Trinajstić information content (AvgIpc) is 3.04. The minimum atomic E-state index is -0.136. The van der Waals surface area contributed by atoms with Crippen molar-refractivity contribution >= 4 is 11.6 Å². The molecule has 134 valence electrons. The first-order valence-electron chi connectivity index (χ1n) is 8.69. The van der Waals surface area contributed by atoms with Gasteiger partial charge in [0.25, 0.3) is 5.91 Å². The molecule has 0 radical (unpaired) electrons. The van der Waals surface area contributed by atoms with Gasteiger partial charge in [0.05, 0.1) is 5.69 Å². The summed E-state index contributed by atoms with van der Waals surface area (Å²) in [5.74, 6) is 0.571. The van der Waals surface area contributed by atoms with Crippen LogP contribution in [0.15, 0.2) is 42.6 Å². The van der Waals surface area contributed by atoms with E-state index in [4.69, 9.17) is 4.74 Å². The fraction of sp³-hybridized carbons (Fsp3) is 0.421. The Bertz CT molecular complexity index is 705. The van der Waals surface area contributed by atoms with Crippen LogP contribution in [0.25, 0.3) is 0 Å². The molecule has 0 aliphatic carbocycles. The van der Waals surface area contributed by atoms with Gasteiger partial charge in [0.1, 0.15) is 18.1 Å². The van der Waals surface area contributed by atoms with Gasteiger partial charge in [-0.15, -0.1) is 0 Å². The van der Waals surface area contributed by atoms with Crippen molar-refractivity contribution in [2.24, 2.45) is 7.05 Å². The first-order valence-corrected chi connectivity index (χ1v) is 8.69. The second-order valence-electron chi connectivity index (χ2n) is 6.45. The van der Waals surface area contributed by atoms with Gasteiger partial charge in [-0.25, -0.2) is 0 Å². The predicted molar refractivity (Wildman–Crippen MR) is 99.2 cm³/mol. The van der Waals surface area contributed by atoms with Crippen molar-refractivity contribution in [3.63, 3.8) is 0 Å². The largest absolute Gasteiger partial charge is 0.490 e. The number of para-hydroxylation sites is 2. The lowest BCUT2D eigenvalue weighted by Crippen LogP contribution is -2.45. The van der Waals surface area contributed by atoms with Gasteiger partial charge in [-0.3, -0.25) is 9.69 Å². The number of ether oxygens (including phenoxy) is 1. The second-order valence-corrected chi connectivity index (χ2v) is 6.45. The molecule has 0 saturated carbocycles. The molecule has 1 aliphatic rings. The number of likely N-dealkylation sites (N-methyl/N-ethyl adjacent to an activating group) is 1. The van der Waals surface area contributed by atoms with E-state index < -0.39 is 0 Å². The molecule has 1 fully saturated rings. The third-order valence-corrected chi connectivity index (χ3v) is 4.57. The number of nitrogens with zero attached hydrogens (tertiary/aromatic N) is 3. The molecular weight excluding hydrogens is 316 g/mol. The molecule has 0 unspecified atom stereocenters. The molecule has 0 spiro atoms. The van der Waals surface area contributed by atoms with Crippen molar-refractivity contribution in [2.75, 3.05) is 51.7 Å². The maximum absolute atomic E-state index is 12.4. The van der Waals surface area contributed by atoms with Crippen LogP contribution >= 0.6 is 0 Å². The van der Waals surface area contributed by atoms with Crippen molar-refractivity contribution < 1.29 is 9.53 Å². The molecule has 1 saturated heterocycles. The number of piperazine rings is 1. The van der Waals surface area contributed by atoms with Crippen molar-refractivity contribution in [3.05, 3.63) is 48.3 Å². The van der Waals surface area contributed by atoms with Gasteiger partial charge in [0, 0.05) is 46.0 Å². The third kappa shape index (κ3) is 4.61. The van der Waals surface area contributed by atoms with Crippen LogP contribution in [0.5, 0.6) is 5.75 Å². The highest BCUT2D eigenvalue weighted by molar-refractivity contribution is 6.03. The van der Waals surface area contributed by atoms with Crippen molar-refractivity contribution in [3.8, 4) is 5.75 Å². The number of nitrogens with one attached hydrogen (secondary N) is 1.